The summed E-state index contributed by atoms with van der Waals surface area (Å²) in [5.74, 6) is -4.14. The number of aromatic nitrogens is 21. The summed E-state index contributed by atoms with van der Waals surface area (Å²) in [6.07, 6.45) is 31.6. The maximum Gasteiger partial charge on any atom is 0.358 e. The number of aromatic carboxylic acids is 1. The Bertz CT molecular complexity index is 6260. The van der Waals surface area contributed by atoms with Gasteiger partial charge in [-0.2, -0.15) is 0 Å². The van der Waals surface area contributed by atoms with Crippen LogP contribution in [-0.2, 0) is 43.5 Å². The van der Waals surface area contributed by atoms with Crippen LogP contribution in [0.1, 0.15) is 190 Å². The number of imidazole rings is 6. The first-order chi connectivity index (χ1) is 56.1. The summed E-state index contributed by atoms with van der Waals surface area (Å²) in [6.45, 7) is 4.04. The predicted molar refractivity (Wildman–Crippen MR) is 416 cm³/mol. The molecule has 0 aromatic carbocycles. The number of pyridine rings is 6. The van der Waals surface area contributed by atoms with Crippen molar-refractivity contribution >= 4 is 116 Å². The van der Waals surface area contributed by atoms with Gasteiger partial charge in [0.15, 0.2) is 34.5 Å². The van der Waals surface area contributed by atoms with Gasteiger partial charge in [0.1, 0.15) is 51.6 Å². The van der Waals surface area contributed by atoms with E-state index in [0.717, 1.165) is 24.1 Å². The number of hydrogen-bond acceptors (Lipinski definition) is 21. The van der Waals surface area contributed by atoms with Crippen molar-refractivity contribution in [3.8, 4) is 0 Å². The van der Waals surface area contributed by atoms with E-state index in [2.05, 4.69) is 91.0 Å². The van der Waals surface area contributed by atoms with Crippen molar-refractivity contribution in [2.24, 2.45) is 5.73 Å². The number of halogens is 7. The molecule has 41 heteroatoms. The fraction of sp³-hybridized carbons (Fsp3) is 0.289. The molecule has 34 nitrogen and oxygen atoms in total. The van der Waals surface area contributed by atoms with Gasteiger partial charge in [-0.3, -0.25) is 24.0 Å². The first-order valence-corrected chi connectivity index (χ1v) is 37.8. The third kappa shape index (κ3) is 18.1. The summed E-state index contributed by atoms with van der Waals surface area (Å²) >= 11 is 17.4. The second-order valence-corrected chi connectivity index (χ2v) is 28.8. The zero-order chi connectivity index (χ0) is 81.2. The van der Waals surface area contributed by atoms with Gasteiger partial charge >= 0.3 is 23.9 Å². The molecule has 0 spiro atoms. The smallest absolute Gasteiger partial charge is 0.358 e. The number of nitrogens with two attached hydrogens (primary N) is 1. The highest BCUT2D eigenvalue weighted by molar-refractivity contribution is 6.31. The summed E-state index contributed by atoms with van der Waals surface area (Å²) in [7, 11) is 0. The minimum absolute atomic E-state index is 0. The number of fused-ring (bicyclic) bond motifs is 6. The van der Waals surface area contributed by atoms with Gasteiger partial charge in [-0.1, -0.05) is 68.6 Å². The fourth-order valence-electron chi connectivity index (χ4n) is 13.2. The van der Waals surface area contributed by atoms with E-state index in [1.807, 2.05) is 56.1 Å². The molecule has 0 bridgehead atoms. The largest absolute Gasteiger partial charge is 0.481 e. The van der Waals surface area contributed by atoms with Crippen LogP contribution < -0.4 is 16.4 Å². The molecule has 117 heavy (non-hydrogen) atoms. The number of carbonyl (C=O) groups excluding carboxylic acids is 4. The molecule has 6 N–H and O–H groups in total. The van der Waals surface area contributed by atoms with Crippen LogP contribution in [0.5, 0.6) is 0 Å². The van der Waals surface area contributed by atoms with Crippen molar-refractivity contribution in [3.63, 3.8) is 0 Å². The van der Waals surface area contributed by atoms with Gasteiger partial charge in [-0.05, 0) is 123 Å². The summed E-state index contributed by atoms with van der Waals surface area (Å²) < 4.78 is 67.0. The number of esters is 2. The maximum atomic E-state index is 14.5. The molecule has 15 aromatic heterocycles. The van der Waals surface area contributed by atoms with E-state index in [0.29, 0.717) is 63.1 Å². The first-order valence-electron chi connectivity index (χ1n) is 36.7. The van der Waals surface area contributed by atoms with E-state index in [1.165, 1.54) is 121 Å². The van der Waals surface area contributed by atoms with Crippen LogP contribution in [0.2, 0.25) is 15.1 Å². The van der Waals surface area contributed by atoms with Crippen molar-refractivity contribution in [2.45, 2.75) is 127 Å². The Morgan fingerprint density at radius 2 is 0.803 bits per heavy atom. The number of carbonyl (C=O) groups is 6. The summed E-state index contributed by atoms with van der Waals surface area (Å²) in [5, 5.41) is 47.5. The number of rotatable bonds is 25. The number of hydrogen-bond donors (Lipinski definition) is 5. The minimum Gasteiger partial charge on any atom is -0.481 e. The number of amides is 2. The average molecular weight is 1680 g/mol. The third-order valence-electron chi connectivity index (χ3n) is 19.6. The van der Waals surface area contributed by atoms with E-state index in [4.69, 9.17) is 60.1 Å². The zero-order valence-corrected chi connectivity index (χ0v) is 65.1. The molecule has 3 aliphatic carbocycles. The van der Waals surface area contributed by atoms with Crippen LogP contribution in [0.25, 0.3) is 33.5 Å². The van der Waals surface area contributed by atoms with Crippen molar-refractivity contribution in [1.29, 1.82) is 0 Å². The van der Waals surface area contributed by atoms with Crippen LogP contribution in [0, 0.1) is 17.5 Å². The van der Waals surface area contributed by atoms with Crippen molar-refractivity contribution in [1.82, 2.24) is 112 Å². The number of nitrogens with zero attached hydrogens (tertiary/aromatic N) is 21. The third-order valence-corrected chi connectivity index (χ3v) is 20.4. The van der Waals surface area contributed by atoms with E-state index in [-0.39, 0.29) is 108 Å². The van der Waals surface area contributed by atoms with E-state index < -0.39 is 71.3 Å². The Hall–Kier alpha value is -12.7. The Morgan fingerprint density at radius 3 is 1.13 bits per heavy atom. The molecule has 3 fully saturated rings. The summed E-state index contributed by atoms with van der Waals surface area (Å²) in [4.78, 5) is 99.1. The van der Waals surface area contributed by atoms with Gasteiger partial charge < -0.3 is 62.5 Å². The van der Waals surface area contributed by atoms with Gasteiger partial charge in [0.2, 0.25) is 0 Å². The highest BCUT2D eigenvalue weighted by Gasteiger charge is 2.32. The molecule has 3 unspecified atom stereocenters. The summed E-state index contributed by atoms with van der Waals surface area (Å²) in [5.41, 5.74) is 14.6. The number of ether oxygens (including phenoxy) is 2. The normalized spacial score (nSPS) is 13.9. The summed E-state index contributed by atoms with van der Waals surface area (Å²) in [6, 6.07) is 14.3. The molecule has 3 saturated carbocycles. The molecular weight excluding hydrogens is 1610 g/mol. The number of aliphatic carboxylic acids is 1. The number of nitrogens with one attached hydrogen (secondary N) is 2. The van der Waals surface area contributed by atoms with E-state index in [1.54, 1.807) is 43.0 Å². The lowest BCUT2D eigenvalue weighted by Gasteiger charge is -2.13. The molecular formula is C76H71Cl4F3N24O10. The Balaban J connectivity index is 0.000000135. The topological polar surface area (TPSA) is 407 Å². The van der Waals surface area contributed by atoms with Crippen LogP contribution in [0.3, 0.4) is 0 Å². The monoisotopic (exact) mass is 1680 g/mol. The Morgan fingerprint density at radius 1 is 0.470 bits per heavy atom. The lowest BCUT2D eigenvalue weighted by Crippen LogP contribution is -2.23. The van der Waals surface area contributed by atoms with Crippen LogP contribution >= 0.6 is 47.2 Å². The lowest BCUT2D eigenvalue weighted by atomic mass is 10.1. The van der Waals surface area contributed by atoms with E-state index >= 15 is 0 Å². The second kappa shape index (κ2) is 34.8. The second-order valence-electron chi connectivity index (χ2n) is 27.6. The SMILES string of the molecule is CCOC(=O)CC(c1cn2cc(C3CC3)ccc2n1)n1cc(C(=O)NCc2ncn3ccc(Cl)c(F)c23)nn1.CCOC(=O)CC(c1cn2cc(C3CC3)ccc2n1)n1cc(C(=O)O)nn1.Cl.NCc1ncn2ccc(Cl)c(F)c12.O=C(O)CC(c1cn2cc(C3CC3)ccc2n1)n1cc(C(=O)NCc2ncn3ccc(Cl)c(F)c23)nn1. The van der Waals surface area contributed by atoms with Gasteiger partial charge in [0.05, 0.1) is 132 Å². The number of carboxylic acids is 2. The van der Waals surface area contributed by atoms with Gasteiger partial charge in [-0.25, -0.2) is 61.9 Å². The standard InChI is InChI=1S/C26H24ClFN8O3.C24H20ClFN8O3.C18H19N5O4.C8H7ClFN3.ClH/c1-2-39-23(37)9-21(19-12-35-11-16(15-3-4-15)5-6-22(35)31-19)36-13-20(32-33-36)26(38)29-10-18-25-24(28)17(27)7-8-34(25)14-30-18;25-15-5-6-32-12-28-16(23(32)22(15)26)8-27-24(37)18-11-34(31-30-18)19(7-21(35)36)17-10-33-9-14(13-1-2-13)3-4-20(33)29-17;1-2-27-17(24)7-15(23-10-14(18(25)26)20-21-23)13-9-22-8-12(11-3-4-11)5-6-16(22)19-13;9-5-1-2-13-4-12-6(3-11)8(13)7(5)10;/h5-8,11-15,21H,2-4,9-10H2,1H3,(H,29,38);3-6,9-13,19H,1-2,7-8H2,(H,27,37)(H,35,36);5-6,8-11,15H,2-4,7H2,1H3,(H,25,26);1-2,4H,3,11H2;1H. The van der Waals surface area contributed by atoms with E-state index in [9.17, 15) is 47.0 Å². The molecule has 0 aliphatic heterocycles. The highest BCUT2D eigenvalue weighted by Crippen LogP contribution is 2.42. The highest BCUT2D eigenvalue weighted by atomic mass is 35.5. The molecule has 2 amide bonds. The van der Waals surface area contributed by atoms with Crippen molar-refractivity contribution in [2.75, 3.05) is 13.2 Å². The van der Waals surface area contributed by atoms with Crippen LogP contribution in [0.4, 0.5) is 13.2 Å². The predicted octanol–water partition coefficient (Wildman–Crippen LogP) is 11.0. The van der Waals surface area contributed by atoms with Crippen molar-refractivity contribution in [3.05, 3.63) is 248 Å². The molecule has 3 atom stereocenters. The van der Waals surface area contributed by atoms with Gasteiger partial charge in [-0.15, -0.1) is 27.7 Å². The fourth-order valence-corrected chi connectivity index (χ4v) is 13.7. The molecule has 0 radical (unpaired) electrons. The minimum atomic E-state index is -1.18. The molecule has 18 rings (SSSR count). The van der Waals surface area contributed by atoms with Gasteiger partial charge in [0.25, 0.3) is 11.8 Å². The number of carboxylic acid groups (broad SMARTS) is 2. The first kappa shape index (κ1) is 80.9. The maximum absolute atomic E-state index is 14.5. The van der Waals surface area contributed by atoms with Crippen LogP contribution in [-0.4, -0.2) is 160 Å². The molecule has 3 aliphatic rings. The Kier molecular flexibility index (Phi) is 24.0. The molecule has 604 valence electrons. The average Bonchev–Trinajstić information content (AvgIpc) is 1.63. The van der Waals surface area contributed by atoms with Crippen LogP contribution in [0.15, 0.2) is 148 Å². The molecule has 15 heterocycles. The van der Waals surface area contributed by atoms with Crippen molar-refractivity contribution < 1.29 is 61.6 Å². The molecule has 15 aromatic rings. The zero-order valence-electron chi connectivity index (χ0n) is 62.0. The Labute approximate surface area is 680 Å². The van der Waals surface area contributed by atoms with Gasteiger partial charge in [0, 0.05) is 62.3 Å². The lowest BCUT2D eigenvalue weighted by molar-refractivity contribution is -0.144. The quantitative estimate of drug-likeness (QED) is 0.0332. The molecule has 0 saturated heterocycles.